The van der Waals surface area contributed by atoms with Gasteiger partial charge < -0.3 is 0 Å². The minimum atomic E-state index is 1.03. The highest BCUT2D eigenvalue weighted by atomic mass is 32.1. The Balaban J connectivity index is 1.83. The van der Waals surface area contributed by atoms with Crippen molar-refractivity contribution in [3.05, 3.63) is 69.9 Å². The Hall–Kier alpha value is -1.64. The Bertz CT molecular complexity index is 896. The Labute approximate surface area is 126 Å². The van der Waals surface area contributed by atoms with Crippen LogP contribution in [0.4, 0.5) is 0 Å². The summed E-state index contributed by atoms with van der Waals surface area (Å²) in [5.74, 6) is 0. The van der Waals surface area contributed by atoms with Crippen molar-refractivity contribution in [1.82, 2.24) is 0 Å². The van der Waals surface area contributed by atoms with Crippen molar-refractivity contribution in [2.24, 2.45) is 0 Å². The van der Waals surface area contributed by atoms with Gasteiger partial charge in [-0.2, -0.15) is 0 Å². The molecule has 4 aromatic rings. The standard InChI is InChI=1S/C18H14S2/c1-12-5-6-16-15(11-20-17(16)9-12)10-14-4-2-3-13-7-8-19-18(13)14/h2-9,11H,10H2,1H3. The summed E-state index contributed by atoms with van der Waals surface area (Å²) in [6.45, 7) is 2.16. The van der Waals surface area contributed by atoms with E-state index in [1.54, 1.807) is 0 Å². The van der Waals surface area contributed by atoms with Crippen LogP contribution in [-0.4, -0.2) is 0 Å². The molecule has 2 aromatic heterocycles. The Morgan fingerprint density at radius 1 is 0.950 bits per heavy atom. The molecule has 0 nitrogen and oxygen atoms in total. The van der Waals surface area contributed by atoms with Crippen molar-refractivity contribution in [2.45, 2.75) is 13.3 Å². The highest BCUT2D eigenvalue weighted by Gasteiger charge is 2.08. The van der Waals surface area contributed by atoms with Crippen molar-refractivity contribution in [3.8, 4) is 0 Å². The van der Waals surface area contributed by atoms with E-state index in [2.05, 4.69) is 60.1 Å². The topological polar surface area (TPSA) is 0 Å². The number of hydrogen-bond acceptors (Lipinski definition) is 2. The molecule has 0 aliphatic heterocycles. The highest BCUT2D eigenvalue weighted by Crippen LogP contribution is 2.32. The minimum absolute atomic E-state index is 1.03. The average molecular weight is 294 g/mol. The lowest BCUT2D eigenvalue weighted by molar-refractivity contribution is 1.26. The lowest BCUT2D eigenvalue weighted by Crippen LogP contribution is -1.86. The van der Waals surface area contributed by atoms with Crippen LogP contribution in [0.3, 0.4) is 0 Å². The first-order valence-corrected chi connectivity index (χ1v) is 8.49. The van der Waals surface area contributed by atoms with Crippen LogP contribution in [0.5, 0.6) is 0 Å². The van der Waals surface area contributed by atoms with E-state index in [4.69, 9.17) is 0 Å². The molecule has 0 radical (unpaired) electrons. The number of thiophene rings is 2. The van der Waals surface area contributed by atoms with Gasteiger partial charge >= 0.3 is 0 Å². The van der Waals surface area contributed by atoms with Gasteiger partial charge in [0.25, 0.3) is 0 Å². The third-order valence-electron chi connectivity index (χ3n) is 3.75. The summed E-state index contributed by atoms with van der Waals surface area (Å²) >= 11 is 3.71. The molecule has 0 N–H and O–H groups in total. The third-order valence-corrected chi connectivity index (χ3v) is 5.75. The second-order valence-corrected chi connectivity index (χ2v) is 7.02. The lowest BCUT2D eigenvalue weighted by Gasteiger charge is -2.03. The molecule has 2 heteroatoms. The van der Waals surface area contributed by atoms with E-state index in [1.165, 1.54) is 36.9 Å². The van der Waals surface area contributed by atoms with Crippen molar-refractivity contribution < 1.29 is 0 Å². The third kappa shape index (κ3) is 1.96. The van der Waals surface area contributed by atoms with E-state index in [1.807, 2.05) is 22.7 Å². The van der Waals surface area contributed by atoms with Crippen LogP contribution in [0.25, 0.3) is 20.2 Å². The maximum Gasteiger partial charge on any atom is 0.0378 e. The van der Waals surface area contributed by atoms with Gasteiger partial charge in [-0.3, -0.25) is 0 Å². The molecule has 0 spiro atoms. The molecule has 0 unspecified atom stereocenters. The molecule has 0 saturated heterocycles. The van der Waals surface area contributed by atoms with Gasteiger partial charge in [-0.25, -0.2) is 0 Å². The molecular weight excluding hydrogens is 280 g/mol. The number of rotatable bonds is 2. The van der Waals surface area contributed by atoms with Gasteiger partial charge in [0.2, 0.25) is 0 Å². The molecular formula is C18H14S2. The van der Waals surface area contributed by atoms with Crippen molar-refractivity contribution >= 4 is 42.8 Å². The van der Waals surface area contributed by atoms with E-state index < -0.39 is 0 Å². The van der Waals surface area contributed by atoms with Crippen LogP contribution in [0.15, 0.2) is 53.2 Å². The van der Waals surface area contributed by atoms with Gasteiger partial charge in [-0.05, 0) is 57.3 Å². The maximum absolute atomic E-state index is 2.32. The molecule has 0 atom stereocenters. The fraction of sp³-hybridized carbons (Fsp3) is 0.111. The van der Waals surface area contributed by atoms with Crippen LogP contribution >= 0.6 is 22.7 Å². The van der Waals surface area contributed by atoms with Crippen molar-refractivity contribution in [2.75, 3.05) is 0 Å². The number of aryl methyl sites for hydroxylation is 1. The van der Waals surface area contributed by atoms with Crippen LogP contribution in [0.2, 0.25) is 0 Å². The molecule has 0 bridgehead atoms. The van der Waals surface area contributed by atoms with E-state index >= 15 is 0 Å². The first kappa shape index (κ1) is 12.1. The smallest absolute Gasteiger partial charge is 0.0378 e. The average Bonchev–Trinajstić information content (AvgIpc) is 3.06. The molecule has 4 rings (SSSR count). The predicted octanol–water partition coefficient (Wildman–Crippen LogP) is 6.02. The number of fused-ring (bicyclic) bond motifs is 2. The lowest BCUT2D eigenvalue weighted by atomic mass is 10.0. The first-order chi connectivity index (χ1) is 9.81. The zero-order valence-electron chi connectivity index (χ0n) is 11.2. The van der Waals surface area contributed by atoms with E-state index in [0.29, 0.717) is 0 Å². The molecule has 98 valence electrons. The van der Waals surface area contributed by atoms with Gasteiger partial charge in [0, 0.05) is 15.8 Å². The summed E-state index contributed by atoms with van der Waals surface area (Å²) < 4.78 is 2.83. The largest absolute Gasteiger partial charge is 0.144 e. The van der Waals surface area contributed by atoms with Gasteiger partial charge in [0.15, 0.2) is 0 Å². The molecule has 0 amide bonds. The Morgan fingerprint density at radius 3 is 2.85 bits per heavy atom. The SMILES string of the molecule is Cc1ccc2c(Cc3cccc4ccsc34)csc2c1. The second-order valence-electron chi connectivity index (χ2n) is 5.19. The van der Waals surface area contributed by atoms with Crippen LogP contribution < -0.4 is 0 Å². The van der Waals surface area contributed by atoms with Gasteiger partial charge in [0.05, 0.1) is 0 Å². The molecule has 0 aliphatic rings. The molecule has 0 aliphatic carbocycles. The minimum Gasteiger partial charge on any atom is -0.144 e. The van der Waals surface area contributed by atoms with E-state index in [0.717, 1.165) is 6.42 Å². The Morgan fingerprint density at radius 2 is 1.90 bits per heavy atom. The van der Waals surface area contributed by atoms with Crippen LogP contribution in [-0.2, 0) is 6.42 Å². The number of benzene rings is 2. The zero-order chi connectivity index (χ0) is 13.5. The molecule has 20 heavy (non-hydrogen) atoms. The van der Waals surface area contributed by atoms with Gasteiger partial charge in [0.1, 0.15) is 0 Å². The summed E-state index contributed by atoms with van der Waals surface area (Å²) in [5, 5.41) is 7.27. The maximum atomic E-state index is 2.32. The number of hydrogen-bond donors (Lipinski definition) is 0. The van der Waals surface area contributed by atoms with Gasteiger partial charge in [-0.15, -0.1) is 22.7 Å². The van der Waals surface area contributed by atoms with E-state index in [-0.39, 0.29) is 0 Å². The molecule has 2 heterocycles. The monoisotopic (exact) mass is 294 g/mol. The molecule has 0 saturated carbocycles. The zero-order valence-corrected chi connectivity index (χ0v) is 12.9. The fourth-order valence-electron chi connectivity index (χ4n) is 2.73. The fourth-order valence-corrected chi connectivity index (χ4v) is 4.70. The quantitative estimate of drug-likeness (QED) is 0.424. The molecule has 2 aromatic carbocycles. The van der Waals surface area contributed by atoms with Gasteiger partial charge in [-0.1, -0.05) is 30.3 Å². The van der Waals surface area contributed by atoms with Crippen LogP contribution in [0.1, 0.15) is 16.7 Å². The second kappa shape index (κ2) is 4.72. The summed E-state index contributed by atoms with van der Waals surface area (Å²) in [4.78, 5) is 0. The molecule has 0 fully saturated rings. The normalized spacial score (nSPS) is 11.4. The summed E-state index contributed by atoms with van der Waals surface area (Å²) in [7, 11) is 0. The first-order valence-electron chi connectivity index (χ1n) is 6.73. The highest BCUT2D eigenvalue weighted by molar-refractivity contribution is 7.17. The summed E-state index contributed by atoms with van der Waals surface area (Å²) in [6, 6.07) is 15.6. The van der Waals surface area contributed by atoms with Crippen molar-refractivity contribution in [3.63, 3.8) is 0 Å². The summed E-state index contributed by atoms with van der Waals surface area (Å²) in [6.07, 6.45) is 1.03. The van der Waals surface area contributed by atoms with E-state index in [9.17, 15) is 0 Å². The summed E-state index contributed by atoms with van der Waals surface area (Å²) in [5.41, 5.74) is 4.23. The van der Waals surface area contributed by atoms with Crippen LogP contribution in [0, 0.1) is 6.92 Å². The van der Waals surface area contributed by atoms with Crippen molar-refractivity contribution in [1.29, 1.82) is 0 Å². The Kier molecular flexibility index (Phi) is 2.86. The predicted molar refractivity (Wildman–Crippen MR) is 91.2 cm³/mol.